The molecule has 134 valence electrons. The van der Waals surface area contributed by atoms with Crippen molar-refractivity contribution < 1.29 is 8.42 Å². The zero-order valence-electron chi connectivity index (χ0n) is 14.7. The number of nitrogens with zero attached hydrogens (tertiary/aromatic N) is 1. The molecule has 1 fully saturated rings. The summed E-state index contributed by atoms with van der Waals surface area (Å²) in [6.45, 7) is 4.96. The standard InChI is InChI=1S/C20H24ClNO2S/c1-15-6-11-20(16(2)13-15)25(23,24)22-12-4-3-5-18(14-22)17-7-9-19(21)10-8-17/h6-11,13,18H,3-5,12,14H2,1-2H3. The first-order valence-corrected chi connectivity index (χ1v) is 10.5. The quantitative estimate of drug-likeness (QED) is 0.761. The molecule has 3 rings (SSSR count). The van der Waals surface area contributed by atoms with Crippen molar-refractivity contribution in [3.63, 3.8) is 0 Å². The molecule has 1 aliphatic rings. The minimum absolute atomic E-state index is 0.209. The highest BCUT2D eigenvalue weighted by Crippen LogP contribution is 2.31. The molecule has 2 aromatic carbocycles. The topological polar surface area (TPSA) is 37.4 Å². The van der Waals surface area contributed by atoms with Crippen LogP contribution in [0.1, 0.15) is 41.9 Å². The Kier molecular flexibility index (Phi) is 5.52. The number of aryl methyl sites for hydroxylation is 2. The number of benzene rings is 2. The Balaban J connectivity index is 1.90. The first kappa shape index (κ1) is 18.4. The molecule has 0 aromatic heterocycles. The van der Waals surface area contributed by atoms with Crippen LogP contribution in [0.5, 0.6) is 0 Å². The van der Waals surface area contributed by atoms with Crippen LogP contribution < -0.4 is 0 Å². The second kappa shape index (κ2) is 7.48. The zero-order valence-corrected chi connectivity index (χ0v) is 16.3. The Morgan fingerprint density at radius 1 is 1.04 bits per heavy atom. The van der Waals surface area contributed by atoms with Crippen molar-refractivity contribution in [1.29, 1.82) is 0 Å². The number of halogens is 1. The Hall–Kier alpha value is -1.36. The monoisotopic (exact) mass is 377 g/mol. The molecule has 0 N–H and O–H groups in total. The molecule has 1 atom stereocenters. The highest BCUT2D eigenvalue weighted by atomic mass is 35.5. The number of sulfonamides is 1. The van der Waals surface area contributed by atoms with Gasteiger partial charge in [-0.25, -0.2) is 8.42 Å². The van der Waals surface area contributed by atoms with Gasteiger partial charge in [-0.3, -0.25) is 0 Å². The summed E-state index contributed by atoms with van der Waals surface area (Å²) in [7, 11) is -3.47. The largest absolute Gasteiger partial charge is 0.243 e. The summed E-state index contributed by atoms with van der Waals surface area (Å²) >= 11 is 5.99. The van der Waals surface area contributed by atoms with E-state index in [-0.39, 0.29) is 5.92 Å². The molecular weight excluding hydrogens is 354 g/mol. The average Bonchev–Trinajstić information content (AvgIpc) is 2.82. The van der Waals surface area contributed by atoms with Crippen LogP contribution in [0.25, 0.3) is 0 Å². The lowest BCUT2D eigenvalue weighted by Gasteiger charge is -2.25. The third-order valence-corrected chi connectivity index (χ3v) is 7.20. The molecule has 5 heteroatoms. The van der Waals surface area contributed by atoms with Gasteiger partial charge in [-0.15, -0.1) is 0 Å². The molecular formula is C20H24ClNO2S. The summed E-state index contributed by atoms with van der Waals surface area (Å²) in [6.07, 6.45) is 2.93. The predicted octanol–water partition coefficient (Wildman–Crippen LogP) is 4.92. The van der Waals surface area contributed by atoms with Crippen LogP contribution in [0.2, 0.25) is 5.02 Å². The molecule has 0 saturated carbocycles. The Bertz CT molecular complexity index is 846. The lowest BCUT2D eigenvalue weighted by molar-refractivity contribution is 0.406. The van der Waals surface area contributed by atoms with Gasteiger partial charge in [0.15, 0.2) is 0 Å². The summed E-state index contributed by atoms with van der Waals surface area (Å²) in [5, 5.41) is 0.706. The van der Waals surface area contributed by atoms with Gasteiger partial charge in [-0.05, 0) is 61.9 Å². The van der Waals surface area contributed by atoms with Gasteiger partial charge in [0.05, 0.1) is 4.90 Å². The molecule has 0 amide bonds. The van der Waals surface area contributed by atoms with Gasteiger partial charge < -0.3 is 0 Å². The summed E-state index contributed by atoms with van der Waals surface area (Å²) < 4.78 is 28.1. The molecule has 1 saturated heterocycles. The maximum absolute atomic E-state index is 13.2. The fourth-order valence-electron chi connectivity index (χ4n) is 3.56. The lowest BCUT2D eigenvalue weighted by Crippen LogP contribution is -2.34. The number of rotatable bonds is 3. The van der Waals surface area contributed by atoms with Crippen LogP contribution in [0.15, 0.2) is 47.4 Å². The van der Waals surface area contributed by atoms with Crippen LogP contribution in [0.4, 0.5) is 0 Å². The summed E-state index contributed by atoms with van der Waals surface area (Å²) in [5.41, 5.74) is 3.05. The highest BCUT2D eigenvalue weighted by Gasteiger charge is 2.30. The van der Waals surface area contributed by atoms with E-state index in [1.807, 2.05) is 50.2 Å². The van der Waals surface area contributed by atoms with Gasteiger partial charge in [0, 0.05) is 18.1 Å². The molecule has 0 bridgehead atoms. The smallest absolute Gasteiger partial charge is 0.207 e. The van der Waals surface area contributed by atoms with Crippen molar-refractivity contribution in [2.45, 2.75) is 43.9 Å². The van der Waals surface area contributed by atoms with Crippen LogP contribution in [-0.2, 0) is 10.0 Å². The van der Waals surface area contributed by atoms with Gasteiger partial charge >= 0.3 is 0 Å². The van der Waals surface area contributed by atoms with Crippen molar-refractivity contribution in [2.75, 3.05) is 13.1 Å². The van der Waals surface area contributed by atoms with E-state index in [1.165, 1.54) is 0 Å². The van der Waals surface area contributed by atoms with Crippen LogP contribution in [-0.4, -0.2) is 25.8 Å². The predicted molar refractivity (Wildman–Crippen MR) is 103 cm³/mol. The van der Waals surface area contributed by atoms with Crippen molar-refractivity contribution in [2.24, 2.45) is 0 Å². The maximum Gasteiger partial charge on any atom is 0.243 e. The number of hydrogen-bond donors (Lipinski definition) is 0. The van der Waals surface area contributed by atoms with E-state index in [0.717, 1.165) is 36.0 Å². The molecule has 0 aliphatic carbocycles. The molecule has 3 nitrogen and oxygen atoms in total. The van der Waals surface area contributed by atoms with Crippen molar-refractivity contribution in [3.05, 3.63) is 64.2 Å². The fraction of sp³-hybridized carbons (Fsp3) is 0.400. The lowest BCUT2D eigenvalue weighted by atomic mass is 9.95. The second-order valence-corrected chi connectivity index (χ2v) is 9.22. The number of hydrogen-bond acceptors (Lipinski definition) is 2. The van der Waals surface area contributed by atoms with Crippen LogP contribution in [0.3, 0.4) is 0 Å². The van der Waals surface area contributed by atoms with Crippen LogP contribution in [0, 0.1) is 13.8 Å². The van der Waals surface area contributed by atoms with E-state index in [9.17, 15) is 8.42 Å². The molecule has 25 heavy (non-hydrogen) atoms. The van der Waals surface area contributed by atoms with E-state index in [1.54, 1.807) is 10.4 Å². The first-order chi connectivity index (χ1) is 11.9. The van der Waals surface area contributed by atoms with Gasteiger partial charge in [-0.1, -0.05) is 47.9 Å². The third-order valence-electron chi connectivity index (χ3n) is 4.92. The summed E-state index contributed by atoms with van der Waals surface area (Å²) in [5.74, 6) is 0.209. The van der Waals surface area contributed by atoms with Crippen LogP contribution >= 0.6 is 11.6 Å². The van der Waals surface area contributed by atoms with Crippen molar-refractivity contribution in [3.8, 4) is 0 Å². The van der Waals surface area contributed by atoms with Gasteiger partial charge in [0.2, 0.25) is 10.0 Å². The third kappa shape index (κ3) is 4.08. The van der Waals surface area contributed by atoms with Gasteiger partial charge in [0.25, 0.3) is 0 Å². The van der Waals surface area contributed by atoms with Gasteiger partial charge in [0.1, 0.15) is 0 Å². The SMILES string of the molecule is Cc1ccc(S(=O)(=O)N2CCCCC(c3ccc(Cl)cc3)C2)c(C)c1. The highest BCUT2D eigenvalue weighted by molar-refractivity contribution is 7.89. The molecule has 1 aliphatic heterocycles. The average molecular weight is 378 g/mol. The van der Waals surface area contributed by atoms with E-state index in [4.69, 9.17) is 11.6 Å². The zero-order chi connectivity index (χ0) is 18.0. The molecule has 0 spiro atoms. The molecule has 1 unspecified atom stereocenters. The minimum Gasteiger partial charge on any atom is -0.207 e. The fourth-order valence-corrected chi connectivity index (χ4v) is 5.42. The second-order valence-electron chi connectivity index (χ2n) is 6.88. The first-order valence-electron chi connectivity index (χ1n) is 8.71. The Morgan fingerprint density at radius 3 is 2.44 bits per heavy atom. The maximum atomic E-state index is 13.2. The Labute approximate surface area is 155 Å². The van der Waals surface area contributed by atoms with Gasteiger partial charge in [-0.2, -0.15) is 4.31 Å². The minimum atomic E-state index is -3.47. The summed E-state index contributed by atoms with van der Waals surface area (Å²) in [6, 6.07) is 13.3. The summed E-state index contributed by atoms with van der Waals surface area (Å²) in [4.78, 5) is 0.426. The van der Waals surface area contributed by atoms with Crippen molar-refractivity contribution in [1.82, 2.24) is 4.31 Å². The Morgan fingerprint density at radius 2 is 1.76 bits per heavy atom. The molecule has 1 heterocycles. The van der Waals surface area contributed by atoms with E-state index >= 15 is 0 Å². The van der Waals surface area contributed by atoms with E-state index in [2.05, 4.69) is 0 Å². The normalized spacial score (nSPS) is 19.6. The van der Waals surface area contributed by atoms with E-state index < -0.39 is 10.0 Å². The van der Waals surface area contributed by atoms with Crippen molar-refractivity contribution >= 4 is 21.6 Å². The van der Waals surface area contributed by atoms with E-state index in [0.29, 0.717) is 23.0 Å². The molecule has 0 radical (unpaired) electrons. The molecule has 2 aromatic rings.